The van der Waals surface area contributed by atoms with Gasteiger partial charge in [0.25, 0.3) is 0 Å². The minimum Gasteiger partial charge on any atom is -0.359 e. The molecule has 72 valence electrons. The number of nitrogens with one attached hydrogen (secondary N) is 1. The minimum atomic E-state index is -0.669. The van der Waals surface area contributed by atoms with E-state index in [1.807, 2.05) is 0 Å². The van der Waals surface area contributed by atoms with Gasteiger partial charge in [0.2, 0.25) is 5.95 Å². The number of rotatable bonds is 1. The van der Waals surface area contributed by atoms with E-state index in [-0.39, 0.29) is 17.4 Å². The summed E-state index contributed by atoms with van der Waals surface area (Å²) in [7, 11) is 0. The van der Waals surface area contributed by atoms with Gasteiger partial charge in [0.15, 0.2) is 5.43 Å². The van der Waals surface area contributed by atoms with Crippen molar-refractivity contribution in [2.75, 3.05) is 0 Å². The van der Waals surface area contributed by atoms with E-state index in [0.717, 1.165) is 6.07 Å². The van der Waals surface area contributed by atoms with Gasteiger partial charge in [-0.05, 0) is 0 Å². The van der Waals surface area contributed by atoms with Crippen molar-refractivity contribution in [1.29, 1.82) is 0 Å². The Labute approximate surface area is 78.6 Å². The van der Waals surface area contributed by atoms with Gasteiger partial charge in [0.1, 0.15) is 0 Å². The molecule has 0 aliphatic heterocycles. The largest absolute Gasteiger partial charge is 0.359 e. The van der Waals surface area contributed by atoms with Crippen molar-refractivity contribution in [2.24, 2.45) is 5.73 Å². The molecule has 0 saturated carbocycles. The number of hydrogen-bond acceptors (Lipinski definition) is 3. The Bertz CT molecular complexity index is 535. The Morgan fingerprint density at radius 3 is 3.07 bits per heavy atom. The van der Waals surface area contributed by atoms with E-state index in [0.29, 0.717) is 11.1 Å². The van der Waals surface area contributed by atoms with Crippen LogP contribution in [0.3, 0.4) is 0 Å². The summed E-state index contributed by atoms with van der Waals surface area (Å²) in [5.74, 6) is -0.669. The number of halogens is 1. The molecule has 0 radical (unpaired) electrons. The molecule has 0 bridgehead atoms. The van der Waals surface area contributed by atoms with Crippen LogP contribution in [-0.4, -0.2) is 9.97 Å². The minimum absolute atomic E-state index is 0.134. The highest BCUT2D eigenvalue weighted by molar-refractivity contribution is 5.77. The average molecular weight is 193 g/mol. The first-order valence-corrected chi connectivity index (χ1v) is 4.08. The molecule has 0 fully saturated rings. The van der Waals surface area contributed by atoms with Gasteiger partial charge in [-0.25, -0.2) is 4.98 Å². The summed E-state index contributed by atoms with van der Waals surface area (Å²) in [5.41, 5.74) is 6.04. The molecule has 5 heteroatoms. The zero-order valence-electron chi connectivity index (χ0n) is 7.25. The fraction of sp³-hybridized carbons (Fsp3) is 0.111. The van der Waals surface area contributed by atoms with Crippen molar-refractivity contribution in [3.05, 3.63) is 40.2 Å². The van der Waals surface area contributed by atoms with Crippen LogP contribution >= 0.6 is 0 Å². The lowest BCUT2D eigenvalue weighted by Crippen LogP contribution is -2.14. The number of aromatic amines is 1. The monoisotopic (exact) mass is 193 g/mol. The van der Waals surface area contributed by atoms with Crippen LogP contribution in [0, 0.1) is 5.95 Å². The molecule has 14 heavy (non-hydrogen) atoms. The molecule has 0 aliphatic rings. The van der Waals surface area contributed by atoms with Crippen LogP contribution < -0.4 is 11.2 Å². The van der Waals surface area contributed by atoms with Crippen LogP contribution in [-0.2, 0) is 6.54 Å². The highest BCUT2D eigenvalue weighted by Crippen LogP contribution is 2.07. The third-order valence-electron chi connectivity index (χ3n) is 2.03. The molecule has 2 rings (SSSR count). The third kappa shape index (κ3) is 1.27. The number of nitrogens with zero attached hydrogens (tertiary/aromatic N) is 1. The first-order valence-electron chi connectivity index (χ1n) is 4.08. The topological polar surface area (TPSA) is 71.8 Å². The number of nitrogens with two attached hydrogens (primary N) is 1. The molecular weight excluding hydrogens is 185 g/mol. The highest BCUT2D eigenvalue weighted by atomic mass is 19.1. The smallest absolute Gasteiger partial charge is 0.213 e. The van der Waals surface area contributed by atoms with E-state index in [9.17, 15) is 9.18 Å². The number of pyridine rings is 2. The molecule has 0 aliphatic carbocycles. The van der Waals surface area contributed by atoms with Gasteiger partial charge in [-0.1, -0.05) is 0 Å². The molecule has 2 aromatic rings. The standard InChI is InChI=1S/C9H8FN3O/c10-8-1-6-7(4-13-8)12-3-5(2-11)9(6)14/h1,3-4H,2,11H2,(H,12,14). The van der Waals surface area contributed by atoms with E-state index in [1.54, 1.807) is 0 Å². The van der Waals surface area contributed by atoms with Gasteiger partial charge < -0.3 is 10.7 Å². The van der Waals surface area contributed by atoms with E-state index < -0.39 is 5.95 Å². The summed E-state index contributed by atoms with van der Waals surface area (Å²) in [5, 5.41) is 0.278. The van der Waals surface area contributed by atoms with Gasteiger partial charge in [-0.15, -0.1) is 0 Å². The Morgan fingerprint density at radius 2 is 2.36 bits per heavy atom. The maximum absolute atomic E-state index is 12.8. The van der Waals surface area contributed by atoms with Crippen molar-refractivity contribution in [2.45, 2.75) is 6.54 Å². The number of fused-ring (bicyclic) bond motifs is 1. The van der Waals surface area contributed by atoms with Gasteiger partial charge in [-0.3, -0.25) is 4.79 Å². The Balaban J connectivity index is 2.87. The van der Waals surface area contributed by atoms with Gasteiger partial charge in [0, 0.05) is 24.4 Å². The van der Waals surface area contributed by atoms with Crippen molar-refractivity contribution in [3.63, 3.8) is 0 Å². The van der Waals surface area contributed by atoms with Crippen molar-refractivity contribution in [1.82, 2.24) is 9.97 Å². The zero-order chi connectivity index (χ0) is 10.1. The summed E-state index contributed by atoms with van der Waals surface area (Å²) in [4.78, 5) is 17.9. The molecule has 0 atom stereocenters. The lowest BCUT2D eigenvalue weighted by molar-refractivity contribution is 0.586. The second-order valence-electron chi connectivity index (χ2n) is 2.90. The fourth-order valence-corrected chi connectivity index (χ4v) is 1.29. The van der Waals surface area contributed by atoms with E-state index in [4.69, 9.17) is 5.73 Å². The predicted octanol–water partition coefficient (Wildman–Crippen LogP) is 0.521. The quantitative estimate of drug-likeness (QED) is 0.648. The normalized spacial score (nSPS) is 10.7. The Morgan fingerprint density at radius 1 is 1.57 bits per heavy atom. The number of hydrogen-bond donors (Lipinski definition) is 2. The highest BCUT2D eigenvalue weighted by Gasteiger charge is 2.04. The van der Waals surface area contributed by atoms with E-state index >= 15 is 0 Å². The van der Waals surface area contributed by atoms with Crippen molar-refractivity contribution < 1.29 is 4.39 Å². The van der Waals surface area contributed by atoms with Crippen molar-refractivity contribution in [3.8, 4) is 0 Å². The van der Waals surface area contributed by atoms with Crippen LogP contribution in [0.25, 0.3) is 10.9 Å². The zero-order valence-corrected chi connectivity index (χ0v) is 7.25. The number of aromatic nitrogens is 2. The summed E-state index contributed by atoms with van der Waals surface area (Å²) in [6.45, 7) is 0.134. The second kappa shape index (κ2) is 3.19. The molecule has 4 nitrogen and oxygen atoms in total. The first kappa shape index (κ1) is 8.83. The van der Waals surface area contributed by atoms with Gasteiger partial charge in [-0.2, -0.15) is 4.39 Å². The van der Waals surface area contributed by atoms with Gasteiger partial charge in [0.05, 0.1) is 17.1 Å². The van der Waals surface area contributed by atoms with E-state index in [2.05, 4.69) is 9.97 Å². The van der Waals surface area contributed by atoms with Crippen LogP contribution in [0.15, 0.2) is 23.3 Å². The van der Waals surface area contributed by atoms with Crippen LogP contribution in [0.5, 0.6) is 0 Å². The maximum Gasteiger partial charge on any atom is 0.213 e. The van der Waals surface area contributed by atoms with Gasteiger partial charge >= 0.3 is 0 Å². The van der Waals surface area contributed by atoms with Crippen LogP contribution in [0.4, 0.5) is 4.39 Å². The summed E-state index contributed by atoms with van der Waals surface area (Å²) in [6, 6.07) is 1.10. The number of H-pyrrole nitrogens is 1. The van der Waals surface area contributed by atoms with Crippen LogP contribution in [0.1, 0.15) is 5.56 Å². The molecule has 2 aromatic heterocycles. The first-order chi connectivity index (χ1) is 6.72. The predicted molar refractivity (Wildman–Crippen MR) is 50.2 cm³/mol. The third-order valence-corrected chi connectivity index (χ3v) is 2.03. The molecule has 0 amide bonds. The molecule has 3 N–H and O–H groups in total. The maximum atomic E-state index is 12.8. The van der Waals surface area contributed by atoms with Crippen molar-refractivity contribution >= 4 is 10.9 Å². The second-order valence-corrected chi connectivity index (χ2v) is 2.90. The lowest BCUT2D eigenvalue weighted by Gasteiger charge is -1.99. The molecule has 0 saturated heterocycles. The summed E-state index contributed by atoms with van der Waals surface area (Å²) in [6.07, 6.45) is 2.80. The SMILES string of the molecule is NCc1c[nH]c2cnc(F)cc2c1=O. The van der Waals surface area contributed by atoms with Crippen LogP contribution in [0.2, 0.25) is 0 Å². The fourth-order valence-electron chi connectivity index (χ4n) is 1.29. The summed E-state index contributed by atoms with van der Waals surface area (Å²) < 4.78 is 12.8. The Kier molecular flexibility index (Phi) is 2.01. The average Bonchev–Trinajstić information content (AvgIpc) is 2.20. The Hall–Kier alpha value is -1.75. The summed E-state index contributed by atoms with van der Waals surface area (Å²) >= 11 is 0. The molecule has 2 heterocycles. The lowest BCUT2D eigenvalue weighted by atomic mass is 10.2. The molecule has 0 spiro atoms. The molecule has 0 aromatic carbocycles. The molecule has 0 unspecified atom stereocenters. The molecular formula is C9H8FN3O. The van der Waals surface area contributed by atoms with E-state index in [1.165, 1.54) is 12.4 Å².